The van der Waals surface area contributed by atoms with Gasteiger partial charge in [0.25, 0.3) is 5.91 Å². The first-order valence-electron chi connectivity index (χ1n) is 9.46. The van der Waals surface area contributed by atoms with Crippen LogP contribution in [0.25, 0.3) is 0 Å². The second kappa shape index (κ2) is 8.57. The molecule has 0 spiro atoms. The maximum atomic E-state index is 12.4. The predicted molar refractivity (Wildman–Crippen MR) is 107 cm³/mol. The number of aromatic nitrogens is 1. The number of anilines is 1. The molecule has 1 aromatic heterocycles. The topological polar surface area (TPSA) is 92.8 Å². The van der Waals surface area contributed by atoms with Gasteiger partial charge in [0.05, 0.1) is 5.02 Å². The molecule has 0 aliphatic carbocycles. The Balaban J connectivity index is 1.27. The Morgan fingerprint density at radius 1 is 1.03 bits per heavy atom. The summed E-state index contributed by atoms with van der Waals surface area (Å²) in [5.74, 6) is 1.22. The van der Waals surface area contributed by atoms with Crippen LogP contribution in [0, 0.1) is 5.92 Å². The molecule has 1 aromatic carbocycles. The lowest BCUT2D eigenvalue weighted by molar-refractivity contribution is -0.126. The smallest absolute Gasteiger partial charge is 0.269 e. The molecule has 0 saturated carbocycles. The van der Waals surface area contributed by atoms with Gasteiger partial charge in [-0.15, -0.1) is 0 Å². The van der Waals surface area contributed by atoms with Crippen LogP contribution in [-0.2, 0) is 4.79 Å². The van der Waals surface area contributed by atoms with Crippen LogP contribution >= 0.6 is 11.6 Å². The molecule has 8 nitrogen and oxygen atoms in total. The average molecular weight is 417 g/mol. The molecule has 2 amide bonds. The van der Waals surface area contributed by atoms with Gasteiger partial charge in [-0.2, -0.15) is 0 Å². The lowest BCUT2D eigenvalue weighted by Crippen LogP contribution is -2.47. The normalized spacial score (nSPS) is 16.2. The Kier molecular flexibility index (Phi) is 5.71. The Labute approximate surface area is 173 Å². The fraction of sp³-hybridized carbons (Fsp3) is 0.350. The van der Waals surface area contributed by atoms with Crippen molar-refractivity contribution in [1.29, 1.82) is 0 Å². The summed E-state index contributed by atoms with van der Waals surface area (Å²) in [6.45, 7) is 2.35. The lowest BCUT2D eigenvalue weighted by atomic mass is 9.96. The van der Waals surface area contributed by atoms with Gasteiger partial charge in [0.1, 0.15) is 19.0 Å². The van der Waals surface area contributed by atoms with Gasteiger partial charge >= 0.3 is 0 Å². The van der Waals surface area contributed by atoms with E-state index in [0.717, 1.165) is 5.82 Å². The molecule has 4 rings (SSSR count). The zero-order valence-corrected chi connectivity index (χ0v) is 16.4. The van der Waals surface area contributed by atoms with E-state index in [9.17, 15) is 9.59 Å². The minimum absolute atomic E-state index is 0.167. The largest absolute Gasteiger partial charge is 0.486 e. The number of halogens is 1. The average Bonchev–Trinajstić information content (AvgIpc) is 2.77. The number of nitrogens with one attached hydrogen (secondary N) is 2. The number of fused-ring (bicyclic) bond motifs is 1. The van der Waals surface area contributed by atoms with E-state index in [0.29, 0.717) is 61.2 Å². The third-order valence-corrected chi connectivity index (χ3v) is 5.23. The van der Waals surface area contributed by atoms with Crippen LogP contribution in [0.15, 0.2) is 36.5 Å². The van der Waals surface area contributed by atoms with Gasteiger partial charge in [-0.3, -0.25) is 20.4 Å². The number of hydrogen-bond acceptors (Lipinski definition) is 6. The van der Waals surface area contributed by atoms with Crippen LogP contribution in [0.4, 0.5) is 5.82 Å². The maximum absolute atomic E-state index is 12.4. The summed E-state index contributed by atoms with van der Waals surface area (Å²) >= 11 is 5.87. The number of hydrazine groups is 1. The summed E-state index contributed by atoms with van der Waals surface area (Å²) in [4.78, 5) is 31.2. The zero-order chi connectivity index (χ0) is 20.2. The molecular weight excluding hydrogens is 396 g/mol. The molecule has 2 aliphatic rings. The number of carbonyl (C=O) groups is 2. The Morgan fingerprint density at radius 3 is 2.52 bits per heavy atom. The van der Waals surface area contributed by atoms with Gasteiger partial charge in [-0.25, -0.2) is 4.98 Å². The molecule has 152 valence electrons. The van der Waals surface area contributed by atoms with E-state index in [1.165, 1.54) is 0 Å². The molecule has 0 bridgehead atoms. The fourth-order valence-electron chi connectivity index (χ4n) is 3.40. The molecule has 1 fully saturated rings. The SMILES string of the molecule is O=C(NNC(=O)C1CCN(c2ccc(Cl)cn2)CC1)c1ccc2c(c1)OCCO2. The van der Waals surface area contributed by atoms with Gasteiger partial charge in [0.2, 0.25) is 5.91 Å². The number of nitrogens with zero attached hydrogens (tertiary/aromatic N) is 2. The number of benzene rings is 1. The third kappa shape index (κ3) is 4.54. The number of piperidine rings is 1. The van der Waals surface area contributed by atoms with Crippen LogP contribution in [0.2, 0.25) is 5.02 Å². The van der Waals surface area contributed by atoms with Crippen LogP contribution in [0.1, 0.15) is 23.2 Å². The van der Waals surface area contributed by atoms with Gasteiger partial charge in [-0.1, -0.05) is 11.6 Å². The highest BCUT2D eigenvalue weighted by Gasteiger charge is 2.26. The highest BCUT2D eigenvalue weighted by Crippen LogP contribution is 2.30. The van der Waals surface area contributed by atoms with Crippen molar-refractivity contribution in [2.24, 2.45) is 5.92 Å². The van der Waals surface area contributed by atoms with Crippen molar-refractivity contribution in [3.05, 3.63) is 47.1 Å². The van der Waals surface area contributed by atoms with E-state index in [-0.39, 0.29) is 11.8 Å². The van der Waals surface area contributed by atoms with Gasteiger partial charge in [-0.05, 0) is 43.2 Å². The molecule has 9 heteroatoms. The summed E-state index contributed by atoms with van der Waals surface area (Å²) in [7, 11) is 0. The monoisotopic (exact) mass is 416 g/mol. The molecule has 0 atom stereocenters. The first-order chi connectivity index (χ1) is 14.1. The van der Waals surface area contributed by atoms with Crippen molar-refractivity contribution < 1.29 is 19.1 Å². The summed E-state index contributed by atoms with van der Waals surface area (Å²) in [6, 6.07) is 8.60. The van der Waals surface area contributed by atoms with E-state index >= 15 is 0 Å². The molecule has 2 aromatic rings. The van der Waals surface area contributed by atoms with E-state index in [1.54, 1.807) is 30.5 Å². The lowest BCUT2D eigenvalue weighted by Gasteiger charge is -2.32. The minimum atomic E-state index is -0.405. The summed E-state index contributed by atoms with van der Waals surface area (Å²) in [5.41, 5.74) is 5.39. The number of amides is 2. The highest BCUT2D eigenvalue weighted by atomic mass is 35.5. The van der Waals surface area contributed by atoms with Gasteiger partial charge < -0.3 is 14.4 Å². The molecule has 29 heavy (non-hydrogen) atoms. The molecule has 0 unspecified atom stereocenters. The standard InChI is InChI=1S/C20H21ClN4O4/c21-15-2-4-18(22-12-15)25-7-5-13(6-8-25)19(26)23-24-20(27)14-1-3-16-17(11-14)29-10-9-28-16/h1-4,11-13H,5-10H2,(H,23,26)(H,24,27). The number of rotatable bonds is 3. The van der Waals surface area contributed by atoms with E-state index in [4.69, 9.17) is 21.1 Å². The predicted octanol–water partition coefficient (Wildman–Crippen LogP) is 2.18. The van der Waals surface area contributed by atoms with Crippen molar-refractivity contribution >= 4 is 29.2 Å². The number of hydrogen-bond donors (Lipinski definition) is 2. The van der Waals surface area contributed by atoms with Crippen LogP contribution in [-0.4, -0.2) is 43.1 Å². The number of pyridine rings is 1. The van der Waals surface area contributed by atoms with E-state index in [1.807, 2.05) is 6.07 Å². The number of carbonyl (C=O) groups excluding carboxylic acids is 2. The third-order valence-electron chi connectivity index (χ3n) is 5.01. The molecule has 2 N–H and O–H groups in total. The minimum Gasteiger partial charge on any atom is -0.486 e. The molecule has 2 aliphatic heterocycles. The summed E-state index contributed by atoms with van der Waals surface area (Å²) in [6.07, 6.45) is 2.97. The number of ether oxygens (including phenoxy) is 2. The second-order valence-electron chi connectivity index (χ2n) is 6.90. The Morgan fingerprint density at radius 2 is 1.79 bits per heavy atom. The summed E-state index contributed by atoms with van der Waals surface area (Å²) < 4.78 is 10.9. The molecule has 3 heterocycles. The fourth-order valence-corrected chi connectivity index (χ4v) is 3.51. The first-order valence-corrected chi connectivity index (χ1v) is 9.84. The van der Waals surface area contributed by atoms with Crippen LogP contribution in [0.5, 0.6) is 11.5 Å². The van der Waals surface area contributed by atoms with Crippen molar-refractivity contribution in [2.45, 2.75) is 12.8 Å². The van der Waals surface area contributed by atoms with Crippen molar-refractivity contribution in [3.8, 4) is 11.5 Å². The van der Waals surface area contributed by atoms with Crippen LogP contribution in [0.3, 0.4) is 0 Å². The Bertz CT molecular complexity index is 898. The zero-order valence-electron chi connectivity index (χ0n) is 15.7. The first kappa shape index (κ1) is 19.3. The van der Waals surface area contributed by atoms with Crippen molar-refractivity contribution in [1.82, 2.24) is 15.8 Å². The van der Waals surface area contributed by atoms with Gasteiger partial charge in [0, 0.05) is 30.8 Å². The van der Waals surface area contributed by atoms with E-state index < -0.39 is 5.91 Å². The van der Waals surface area contributed by atoms with Gasteiger partial charge in [0.15, 0.2) is 11.5 Å². The van der Waals surface area contributed by atoms with E-state index in [2.05, 4.69) is 20.7 Å². The van der Waals surface area contributed by atoms with Crippen LogP contribution < -0.4 is 25.2 Å². The quantitative estimate of drug-likeness (QED) is 0.745. The van der Waals surface area contributed by atoms with Crippen molar-refractivity contribution in [2.75, 3.05) is 31.2 Å². The van der Waals surface area contributed by atoms with Crippen molar-refractivity contribution in [3.63, 3.8) is 0 Å². The second-order valence-corrected chi connectivity index (χ2v) is 7.33. The maximum Gasteiger partial charge on any atom is 0.269 e. The molecule has 1 saturated heterocycles. The molecule has 0 radical (unpaired) electrons. The molecular formula is C20H21ClN4O4. The Hall–Kier alpha value is -3.00. The highest BCUT2D eigenvalue weighted by molar-refractivity contribution is 6.30. The summed E-state index contributed by atoms with van der Waals surface area (Å²) in [5, 5.41) is 0.594.